The van der Waals surface area contributed by atoms with E-state index < -0.39 is 0 Å². The van der Waals surface area contributed by atoms with E-state index in [4.69, 9.17) is 9.47 Å². The zero-order valence-electron chi connectivity index (χ0n) is 13.1. The van der Waals surface area contributed by atoms with Crippen molar-refractivity contribution < 1.29 is 9.47 Å². The van der Waals surface area contributed by atoms with Crippen molar-refractivity contribution >= 4 is 5.82 Å². The summed E-state index contributed by atoms with van der Waals surface area (Å²) in [5.41, 5.74) is 0.0196. The van der Waals surface area contributed by atoms with Crippen molar-refractivity contribution in [1.82, 2.24) is 9.88 Å². The predicted octanol–water partition coefficient (Wildman–Crippen LogP) is 1.54. The van der Waals surface area contributed by atoms with Crippen LogP contribution in [0.1, 0.15) is 19.3 Å². The maximum atomic E-state index is 6.24. The summed E-state index contributed by atoms with van der Waals surface area (Å²) in [5.74, 6) is 1.08. The second-order valence-corrected chi connectivity index (χ2v) is 6.69. The van der Waals surface area contributed by atoms with Crippen molar-refractivity contribution in [3.05, 3.63) is 24.4 Å². The van der Waals surface area contributed by atoms with Gasteiger partial charge in [0.25, 0.3) is 0 Å². The molecular formula is C17H25N3O2. The molecule has 120 valence electrons. The molecule has 0 radical (unpaired) electrons. The summed E-state index contributed by atoms with van der Waals surface area (Å²) in [6, 6.07) is 6.77. The second-order valence-electron chi connectivity index (χ2n) is 6.69. The third-order valence-corrected chi connectivity index (χ3v) is 5.35. The number of nitrogens with zero attached hydrogens (tertiary/aromatic N) is 3. The molecule has 1 aromatic rings. The topological polar surface area (TPSA) is 37.8 Å². The van der Waals surface area contributed by atoms with E-state index in [1.54, 1.807) is 0 Å². The smallest absolute Gasteiger partial charge is 0.128 e. The quantitative estimate of drug-likeness (QED) is 0.828. The van der Waals surface area contributed by atoms with Gasteiger partial charge in [-0.05, 0) is 31.4 Å². The van der Waals surface area contributed by atoms with Gasteiger partial charge >= 0.3 is 0 Å². The number of piperidine rings is 1. The van der Waals surface area contributed by atoms with Crippen molar-refractivity contribution in [3.63, 3.8) is 0 Å². The number of anilines is 1. The third-order valence-electron chi connectivity index (χ3n) is 5.35. The van der Waals surface area contributed by atoms with Gasteiger partial charge in [0, 0.05) is 45.0 Å². The average molecular weight is 303 g/mol. The van der Waals surface area contributed by atoms with Crippen molar-refractivity contribution in [2.24, 2.45) is 0 Å². The Morgan fingerprint density at radius 1 is 1.14 bits per heavy atom. The molecule has 1 spiro atoms. The molecule has 22 heavy (non-hydrogen) atoms. The molecule has 0 amide bonds. The van der Waals surface area contributed by atoms with Gasteiger partial charge in [0.1, 0.15) is 5.82 Å². The Kier molecular flexibility index (Phi) is 4.03. The fraction of sp³-hybridized carbons (Fsp3) is 0.706. The number of likely N-dealkylation sites (tertiary alicyclic amines) is 1. The largest absolute Gasteiger partial charge is 0.380 e. The van der Waals surface area contributed by atoms with Crippen LogP contribution in [0.2, 0.25) is 0 Å². The minimum Gasteiger partial charge on any atom is -0.380 e. The SMILES string of the molecule is c1ccc(N2CCOC3(CCN([C@H]4CCOC4)CC3)C2)nc1. The number of hydrogen-bond acceptors (Lipinski definition) is 5. The summed E-state index contributed by atoms with van der Waals surface area (Å²) >= 11 is 0. The van der Waals surface area contributed by atoms with Crippen LogP contribution >= 0.6 is 0 Å². The minimum atomic E-state index is 0.0196. The summed E-state index contributed by atoms with van der Waals surface area (Å²) in [6.45, 7) is 6.82. The van der Waals surface area contributed by atoms with Crippen LogP contribution in [0.4, 0.5) is 5.82 Å². The Morgan fingerprint density at radius 2 is 2.05 bits per heavy atom. The van der Waals surface area contributed by atoms with Crippen molar-refractivity contribution in [1.29, 1.82) is 0 Å². The van der Waals surface area contributed by atoms with Crippen LogP contribution in [0, 0.1) is 0 Å². The van der Waals surface area contributed by atoms with Crippen molar-refractivity contribution in [3.8, 4) is 0 Å². The van der Waals surface area contributed by atoms with Crippen LogP contribution in [0.25, 0.3) is 0 Å². The molecule has 5 nitrogen and oxygen atoms in total. The average Bonchev–Trinajstić information content (AvgIpc) is 3.11. The summed E-state index contributed by atoms with van der Waals surface area (Å²) in [4.78, 5) is 9.49. The summed E-state index contributed by atoms with van der Waals surface area (Å²) in [6.07, 6.45) is 5.30. The Bertz CT molecular complexity index is 482. The second kappa shape index (κ2) is 6.14. The summed E-state index contributed by atoms with van der Waals surface area (Å²) in [7, 11) is 0. The van der Waals surface area contributed by atoms with Crippen molar-refractivity contribution in [2.45, 2.75) is 30.9 Å². The lowest BCUT2D eigenvalue weighted by atomic mass is 9.88. The molecule has 0 bridgehead atoms. The predicted molar refractivity (Wildman–Crippen MR) is 85.2 cm³/mol. The Labute approximate surface area is 132 Å². The van der Waals surface area contributed by atoms with Gasteiger partial charge in [-0.15, -0.1) is 0 Å². The molecule has 3 fully saturated rings. The Morgan fingerprint density at radius 3 is 2.77 bits per heavy atom. The zero-order valence-corrected chi connectivity index (χ0v) is 13.1. The summed E-state index contributed by atoms with van der Waals surface area (Å²) < 4.78 is 11.8. The molecule has 4 rings (SSSR count). The molecule has 5 heteroatoms. The molecular weight excluding hydrogens is 278 g/mol. The van der Waals surface area contributed by atoms with Gasteiger partial charge in [-0.2, -0.15) is 0 Å². The van der Waals surface area contributed by atoms with Crippen molar-refractivity contribution in [2.75, 3.05) is 50.9 Å². The molecule has 1 aromatic heterocycles. The maximum Gasteiger partial charge on any atom is 0.128 e. The van der Waals surface area contributed by atoms with E-state index in [1.807, 2.05) is 12.3 Å². The Balaban J connectivity index is 1.40. The first-order valence-corrected chi connectivity index (χ1v) is 8.46. The van der Waals surface area contributed by atoms with Gasteiger partial charge in [-0.25, -0.2) is 4.98 Å². The van der Waals surface area contributed by atoms with E-state index in [9.17, 15) is 0 Å². The molecule has 1 atom stereocenters. The molecule has 0 aliphatic carbocycles. The first-order chi connectivity index (χ1) is 10.8. The highest BCUT2D eigenvalue weighted by atomic mass is 16.5. The number of pyridine rings is 1. The lowest BCUT2D eigenvalue weighted by Gasteiger charge is -2.48. The van der Waals surface area contributed by atoms with E-state index >= 15 is 0 Å². The fourth-order valence-electron chi connectivity index (χ4n) is 3.99. The van der Waals surface area contributed by atoms with Gasteiger partial charge in [-0.1, -0.05) is 6.07 Å². The maximum absolute atomic E-state index is 6.24. The van der Waals surface area contributed by atoms with E-state index in [-0.39, 0.29) is 5.60 Å². The van der Waals surface area contributed by atoms with Crippen LogP contribution in [-0.4, -0.2) is 67.5 Å². The highest BCUT2D eigenvalue weighted by molar-refractivity contribution is 5.39. The van der Waals surface area contributed by atoms with Crippen LogP contribution < -0.4 is 4.90 Å². The van der Waals surface area contributed by atoms with Crippen LogP contribution in [0.5, 0.6) is 0 Å². The number of ether oxygens (including phenoxy) is 2. The molecule has 4 heterocycles. The highest BCUT2D eigenvalue weighted by Gasteiger charge is 2.41. The first kappa shape index (κ1) is 14.4. The molecule has 3 saturated heterocycles. The standard InChI is InChI=1S/C17H25N3O2/c1-2-7-18-16(3-1)20-10-12-22-17(14-20)5-8-19(9-6-17)15-4-11-21-13-15/h1-3,7,15H,4-6,8-14H2/t15-/m0/s1. The molecule has 3 aliphatic rings. The molecule has 0 N–H and O–H groups in total. The molecule has 0 saturated carbocycles. The molecule has 0 unspecified atom stereocenters. The summed E-state index contributed by atoms with van der Waals surface area (Å²) in [5, 5.41) is 0. The van der Waals surface area contributed by atoms with E-state index in [1.165, 1.54) is 6.42 Å². The number of hydrogen-bond donors (Lipinski definition) is 0. The van der Waals surface area contributed by atoms with E-state index in [0.717, 1.165) is 64.7 Å². The lowest BCUT2D eigenvalue weighted by molar-refractivity contribution is -0.0960. The normalized spacial score (nSPS) is 29.1. The van der Waals surface area contributed by atoms with Gasteiger partial charge < -0.3 is 14.4 Å². The lowest BCUT2D eigenvalue weighted by Crippen LogP contribution is -2.58. The Hall–Kier alpha value is -1.17. The van der Waals surface area contributed by atoms with Gasteiger partial charge in [0.05, 0.1) is 18.8 Å². The zero-order chi connectivity index (χ0) is 14.8. The van der Waals surface area contributed by atoms with Crippen LogP contribution in [0.15, 0.2) is 24.4 Å². The van der Waals surface area contributed by atoms with Gasteiger partial charge in [0.15, 0.2) is 0 Å². The number of morpholine rings is 1. The highest BCUT2D eigenvalue weighted by Crippen LogP contribution is 2.33. The minimum absolute atomic E-state index is 0.0196. The first-order valence-electron chi connectivity index (χ1n) is 8.46. The number of aromatic nitrogens is 1. The third kappa shape index (κ3) is 2.85. The number of rotatable bonds is 2. The van der Waals surface area contributed by atoms with Crippen LogP contribution in [-0.2, 0) is 9.47 Å². The molecule has 3 aliphatic heterocycles. The van der Waals surface area contributed by atoms with Gasteiger partial charge in [0.2, 0.25) is 0 Å². The van der Waals surface area contributed by atoms with E-state index in [2.05, 4.69) is 26.9 Å². The van der Waals surface area contributed by atoms with Gasteiger partial charge in [-0.3, -0.25) is 4.90 Å². The monoisotopic (exact) mass is 303 g/mol. The van der Waals surface area contributed by atoms with Crippen LogP contribution in [0.3, 0.4) is 0 Å². The fourth-order valence-corrected chi connectivity index (χ4v) is 3.99. The molecule has 0 aromatic carbocycles. The van der Waals surface area contributed by atoms with E-state index in [0.29, 0.717) is 6.04 Å².